The number of alkyl halides is 3. The summed E-state index contributed by atoms with van der Waals surface area (Å²) in [5.74, 6) is 0.678. The molecule has 1 N–H and O–H groups in total. The molecule has 2 aromatic rings. The van der Waals surface area contributed by atoms with Gasteiger partial charge in [-0.05, 0) is 36.4 Å². The predicted molar refractivity (Wildman–Crippen MR) is 93.5 cm³/mol. The lowest BCUT2D eigenvalue weighted by molar-refractivity contribution is -0.137. The van der Waals surface area contributed by atoms with Gasteiger partial charge in [-0.2, -0.15) is 13.2 Å². The number of anilines is 2. The van der Waals surface area contributed by atoms with Crippen LogP contribution in [0.2, 0.25) is 5.02 Å². The highest BCUT2D eigenvalue weighted by atomic mass is 35.5. The van der Waals surface area contributed by atoms with Crippen LogP contribution in [0.4, 0.5) is 29.5 Å². The van der Waals surface area contributed by atoms with Gasteiger partial charge in [0, 0.05) is 38.1 Å². The molecule has 1 saturated heterocycles. The van der Waals surface area contributed by atoms with Gasteiger partial charge in [0.15, 0.2) is 0 Å². The molecule has 0 spiro atoms. The van der Waals surface area contributed by atoms with Crippen LogP contribution in [-0.4, -0.2) is 42.1 Å². The van der Waals surface area contributed by atoms with E-state index in [-0.39, 0.29) is 6.03 Å². The molecular weight excluding hydrogens is 369 g/mol. The van der Waals surface area contributed by atoms with Crippen molar-refractivity contribution in [1.29, 1.82) is 0 Å². The number of carbonyl (C=O) groups excluding carboxylic acids is 1. The van der Waals surface area contributed by atoms with Gasteiger partial charge in [0.2, 0.25) is 0 Å². The minimum absolute atomic E-state index is 0.318. The lowest BCUT2D eigenvalue weighted by atomic mass is 10.2. The van der Waals surface area contributed by atoms with E-state index in [0.29, 0.717) is 42.7 Å². The minimum Gasteiger partial charge on any atom is -0.352 e. The molecule has 138 valence electrons. The standard InChI is InChI=1S/C17H16ClF3N4O/c18-14-2-1-7-22-15(14)24-8-10-25(11-9-24)16(26)23-13-5-3-12(4-6-13)17(19,20)21/h1-7H,8-11H2,(H,23,26). The normalized spacial score (nSPS) is 15.1. The number of carbonyl (C=O) groups is 1. The van der Waals surface area contributed by atoms with E-state index >= 15 is 0 Å². The molecule has 1 aromatic heterocycles. The Hall–Kier alpha value is -2.48. The van der Waals surface area contributed by atoms with E-state index in [4.69, 9.17) is 11.6 Å². The summed E-state index contributed by atoms with van der Waals surface area (Å²) < 4.78 is 37.7. The van der Waals surface area contributed by atoms with Crippen LogP contribution < -0.4 is 10.2 Å². The van der Waals surface area contributed by atoms with Crippen LogP contribution in [0.5, 0.6) is 0 Å². The van der Waals surface area contributed by atoms with E-state index in [1.165, 1.54) is 12.1 Å². The summed E-state index contributed by atoms with van der Waals surface area (Å²) in [5.41, 5.74) is -0.436. The first-order valence-corrected chi connectivity index (χ1v) is 8.31. The van der Waals surface area contributed by atoms with E-state index in [9.17, 15) is 18.0 Å². The summed E-state index contributed by atoms with van der Waals surface area (Å²) >= 11 is 6.13. The fourth-order valence-corrected chi connectivity index (χ4v) is 2.92. The van der Waals surface area contributed by atoms with Crippen LogP contribution in [-0.2, 0) is 6.18 Å². The zero-order valence-corrected chi connectivity index (χ0v) is 14.4. The van der Waals surface area contributed by atoms with Gasteiger partial charge in [-0.25, -0.2) is 9.78 Å². The lowest BCUT2D eigenvalue weighted by Gasteiger charge is -2.35. The number of rotatable bonds is 2. The van der Waals surface area contributed by atoms with Gasteiger partial charge < -0.3 is 15.1 Å². The van der Waals surface area contributed by atoms with Crippen molar-refractivity contribution >= 4 is 29.1 Å². The van der Waals surface area contributed by atoms with Crippen LogP contribution in [0.25, 0.3) is 0 Å². The van der Waals surface area contributed by atoms with Gasteiger partial charge >= 0.3 is 12.2 Å². The van der Waals surface area contributed by atoms with Crippen molar-refractivity contribution < 1.29 is 18.0 Å². The van der Waals surface area contributed by atoms with Crippen molar-refractivity contribution in [3.05, 3.63) is 53.2 Å². The number of hydrogen-bond donors (Lipinski definition) is 1. The maximum Gasteiger partial charge on any atom is 0.416 e. The number of nitrogens with zero attached hydrogens (tertiary/aromatic N) is 3. The Morgan fingerprint density at radius 1 is 1.08 bits per heavy atom. The number of urea groups is 1. The van der Waals surface area contributed by atoms with Gasteiger partial charge in [0.25, 0.3) is 0 Å². The third kappa shape index (κ3) is 4.19. The van der Waals surface area contributed by atoms with E-state index in [2.05, 4.69) is 10.3 Å². The molecule has 1 aromatic carbocycles. The summed E-state index contributed by atoms with van der Waals surface area (Å²) in [7, 11) is 0. The molecule has 0 bridgehead atoms. The Kier molecular flexibility index (Phi) is 5.22. The highest BCUT2D eigenvalue weighted by Gasteiger charge is 2.30. The second-order valence-electron chi connectivity index (χ2n) is 5.79. The Balaban J connectivity index is 1.56. The Bertz CT molecular complexity index is 774. The molecule has 2 heterocycles. The summed E-state index contributed by atoms with van der Waals surface area (Å²) in [6.45, 7) is 2.05. The number of piperazine rings is 1. The number of benzene rings is 1. The molecular formula is C17H16ClF3N4O. The summed E-state index contributed by atoms with van der Waals surface area (Å²) in [5, 5.41) is 3.17. The second kappa shape index (κ2) is 7.41. The molecule has 3 rings (SSSR count). The first-order chi connectivity index (χ1) is 12.3. The third-order valence-corrected chi connectivity index (χ3v) is 4.36. The highest BCUT2D eigenvalue weighted by molar-refractivity contribution is 6.32. The number of aromatic nitrogens is 1. The van der Waals surface area contributed by atoms with Crippen LogP contribution in [0, 0.1) is 0 Å². The molecule has 0 unspecified atom stereocenters. The van der Waals surface area contributed by atoms with Crippen molar-refractivity contribution in [2.75, 3.05) is 36.4 Å². The fourth-order valence-electron chi connectivity index (χ4n) is 2.68. The average molecular weight is 385 g/mol. The van der Waals surface area contributed by atoms with Crippen molar-refractivity contribution in [1.82, 2.24) is 9.88 Å². The lowest BCUT2D eigenvalue weighted by Crippen LogP contribution is -2.50. The molecule has 0 saturated carbocycles. The molecule has 1 fully saturated rings. The molecule has 1 aliphatic heterocycles. The first kappa shape index (κ1) is 18.3. The summed E-state index contributed by atoms with van der Waals surface area (Å²) in [6, 6.07) is 7.52. The van der Waals surface area contributed by atoms with Crippen molar-refractivity contribution in [3.63, 3.8) is 0 Å². The van der Waals surface area contributed by atoms with Crippen molar-refractivity contribution in [2.24, 2.45) is 0 Å². The van der Waals surface area contributed by atoms with E-state index in [0.717, 1.165) is 12.1 Å². The highest BCUT2D eigenvalue weighted by Crippen LogP contribution is 2.30. The maximum atomic E-state index is 12.6. The largest absolute Gasteiger partial charge is 0.416 e. The van der Waals surface area contributed by atoms with Gasteiger partial charge in [-0.3, -0.25) is 0 Å². The third-order valence-electron chi connectivity index (χ3n) is 4.07. The van der Waals surface area contributed by atoms with Gasteiger partial charge in [-0.1, -0.05) is 11.6 Å². The van der Waals surface area contributed by atoms with Crippen molar-refractivity contribution in [3.8, 4) is 0 Å². The van der Waals surface area contributed by atoms with Crippen LogP contribution in [0.3, 0.4) is 0 Å². The summed E-state index contributed by atoms with van der Waals surface area (Å²) in [6.07, 6.45) is -2.74. The smallest absolute Gasteiger partial charge is 0.352 e. The topological polar surface area (TPSA) is 48.5 Å². The molecule has 5 nitrogen and oxygen atoms in total. The Morgan fingerprint density at radius 3 is 2.31 bits per heavy atom. The Morgan fingerprint density at radius 2 is 1.73 bits per heavy atom. The monoisotopic (exact) mass is 384 g/mol. The Labute approximate surface area is 153 Å². The molecule has 0 radical (unpaired) electrons. The number of nitrogens with one attached hydrogen (secondary N) is 1. The summed E-state index contributed by atoms with van der Waals surface area (Å²) in [4.78, 5) is 20.1. The van der Waals surface area contributed by atoms with Crippen LogP contribution in [0.15, 0.2) is 42.6 Å². The number of halogens is 4. The average Bonchev–Trinajstić information content (AvgIpc) is 2.62. The van der Waals surface area contributed by atoms with Gasteiger partial charge in [-0.15, -0.1) is 0 Å². The quantitative estimate of drug-likeness (QED) is 0.847. The zero-order chi connectivity index (χ0) is 18.7. The molecule has 9 heteroatoms. The SMILES string of the molecule is O=C(Nc1ccc(C(F)(F)F)cc1)N1CCN(c2ncccc2Cl)CC1. The number of pyridine rings is 1. The van der Waals surface area contributed by atoms with E-state index in [1.807, 2.05) is 4.90 Å². The van der Waals surface area contributed by atoms with Gasteiger partial charge in [0.1, 0.15) is 5.82 Å². The van der Waals surface area contributed by atoms with Crippen LogP contribution in [0.1, 0.15) is 5.56 Å². The predicted octanol–water partition coefficient (Wildman–Crippen LogP) is 4.11. The number of amides is 2. The zero-order valence-electron chi connectivity index (χ0n) is 13.6. The second-order valence-corrected chi connectivity index (χ2v) is 6.20. The molecule has 1 aliphatic rings. The minimum atomic E-state index is -4.40. The maximum absolute atomic E-state index is 12.6. The van der Waals surface area contributed by atoms with Crippen LogP contribution >= 0.6 is 11.6 Å². The van der Waals surface area contributed by atoms with E-state index < -0.39 is 11.7 Å². The first-order valence-electron chi connectivity index (χ1n) is 7.93. The molecule has 26 heavy (non-hydrogen) atoms. The van der Waals surface area contributed by atoms with Crippen molar-refractivity contribution in [2.45, 2.75) is 6.18 Å². The fraction of sp³-hybridized carbons (Fsp3) is 0.294. The molecule has 2 amide bonds. The van der Waals surface area contributed by atoms with E-state index in [1.54, 1.807) is 23.2 Å². The van der Waals surface area contributed by atoms with Gasteiger partial charge in [0.05, 0.1) is 10.6 Å². The molecule has 0 aliphatic carbocycles. The molecule has 0 atom stereocenters. The number of hydrogen-bond acceptors (Lipinski definition) is 3.